The van der Waals surface area contributed by atoms with Crippen LogP contribution in [0.3, 0.4) is 0 Å². The normalized spacial score (nSPS) is 18.1. The summed E-state index contributed by atoms with van der Waals surface area (Å²) in [7, 11) is 0. The molecule has 1 aliphatic heterocycles. The average Bonchev–Trinajstić information content (AvgIpc) is 2.62. The van der Waals surface area contributed by atoms with Crippen LogP contribution < -0.4 is 5.32 Å². The maximum Gasteiger partial charge on any atom is 0.237 e. The van der Waals surface area contributed by atoms with Crippen molar-refractivity contribution in [3.63, 3.8) is 0 Å². The molecule has 2 N–H and O–H groups in total. The van der Waals surface area contributed by atoms with Gasteiger partial charge in [-0.3, -0.25) is 4.79 Å². The van der Waals surface area contributed by atoms with Crippen LogP contribution in [0.2, 0.25) is 0 Å². The Balaban J connectivity index is 1.53. The first-order valence-electron chi connectivity index (χ1n) is 8.48. The van der Waals surface area contributed by atoms with Crippen molar-refractivity contribution in [2.75, 3.05) is 19.6 Å². The van der Waals surface area contributed by atoms with Gasteiger partial charge in [-0.05, 0) is 30.0 Å². The van der Waals surface area contributed by atoms with Crippen LogP contribution in [0.1, 0.15) is 35.8 Å². The second-order valence-electron chi connectivity index (χ2n) is 6.27. The highest BCUT2D eigenvalue weighted by atomic mass is 16.3. The molecule has 4 heteroatoms. The van der Waals surface area contributed by atoms with Crippen molar-refractivity contribution in [2.24, 2.45) is 0 Å². The van der Waals surface area contributed by atoms with Crippen LogP contribution in [0.5, 0.6) is 0 Å². The Morgan fingerprint density at radius 2 is 1.92 bits per heavy atom. The van der Waals surface area contributed by atoms with E-state index in [1.165, 1.54) is 11.1 Å². The molecule has 0 radical (unpaired) electrons. The molecule has 2 atom stereocenters. The molecule has 126 valence electrons. The van der Waals surface area contributed by atoms with Gasteiger partial charge in [0.1, 0.15) is 0 Å². The highest BCUT2D eigenvalue weighted by Gasteiger charge is 2.26. The second kappa shape index (κ2) is 7.60. The molecule has 1 heterocycles. The van der Waals surface area contributed by atoms with Gasteiger partial charge in [0, 0.05) is 13.1 Å². The number of hydrogen-bond acceptors (Lipinski definition) is 3. The smallest absolute Gasteiger partial charge is 0.237 e. The number of nitrogens with one attached hydrogen (secondary N) is 1. The Morgan fingerprint density at radius 3 is 2.71 bits per heavy atom. The number of carbonyl (C=O) groups excluding carboxylic acids is 1. The number of aliphatic hydroxyl groups is 1. The Bertz CT molecular complexity index is 687. The molecule has 0 aliphatic carbocycles. The summed E-state index contributed by atoms with van der Waals surface area (Å²) in [6.45, 7) is 3.44. The molecule has 1 amide bonds. The molecule has 0 aromatic heterocycles. The van der Waals surface area contributed by atoms with Crippen LogP contribution in [0.15, 0.2) is 54.6 Å². The zero-order valence-electron chi connectivity index (χ0n) is 14.0. The van der Waals surface area contributed by atoms with E-state index in [9.17, 15) is 9.90 Å². The molecule has 1 aliphatic rings. The van der Waals surface area contributed by atoms with Gasteiger partial charge < -0.3 is 15.3 Å². The van der Waals surface area contributed by atoms with E-state index < -0.39 is 6.10 Å². The minimum absolute atomic E-state index is 0.0808. The Kier molecular flexibility index (Phi) is 5.28. The predicted molar refractivity (Wildman–Crippen MR) is 94.5 cm³/mol. The van der Waals surface area contributed by atoms with Crippen LogP contribution in [-0.2, 0) is 11.2 Å². The molecule has 2 aromatic rings. The average molecular weight is 324 g/mol. The zero-order valence-corrected chi connectivity index (χ0v) is 14.0. The molecule has 0 saturated carbocycles. The Morgan fingerprint density at radius 1 is 1.21 bits per heavy atom. The second-order valence-corrected chi connectivity index (χ2v) is 6.27. The Labute approximate surface area is 143 Å². The summed E-state index contributed by atoms with van der Waals surface area (Å²) < 4.78 is 0. The molecule has 0 spiro atoms. The molecule has 1 unspecified atom stereocenters. The summed E-state index contributed by atoms with van der Waals surface area (Å²) in [4.78, 5) is 14.4. The summed E-state index contributed by atoms with van der Waals surface area (Å²) in [5.41, 5.74) is 3.43. The van der Waals surface area contributed by atoms with Crippen molar-refractivity contribution < 1.29 is 9.90 Å². The van der Waals surface area contributed by atoms with Crippen molar-refractivity contribution in [1.82, 2.24) is 10.2 Å². The molecule has 24 heavy (non-hydrogen) atoms. The number of fused-ring (bicyclic) bond motifs is 1. The lowest BCUT2D eigenvalue weighted by molar-refractivity contribution is -0.132. The highest BCUT2D eigenvalue weighted by molar-refractivity contribution is 5.79. The van der Waals surface area contributed by atoms with E-state index in [1.54, 1.807) is 0 Å². The first-order valence-corrected chi connectivity index (χ1v) is 8.48. The van der Waals surface area contributed by atoms with Gasteiger partial charge in [0.25, 0.3) is 0 Å². The highest BCUT2D eigenvalue weighted by Crippen LogP contribution is 2.28. The van der Waals surface area contributed by atoms with Crippen molar-refractivity contribution in [3.8, 4) is 0 Å². The minimum atomic E-state index is -0.599. The fourth-order valence-corrected chi connectivity index (χ4v) is 3.32. The zero-order chi connectivity index (χ0) is 16.9. The number of rotatable bonds is 5. The van der Waals surface area contributed by atoms with Gasteiger partial charge in [-0.2, -0.15) is 0 Å². The first-order chi connectivity index (χ1) is 11.7. The molecule has 0 saturated heterocycles. The molecule has 0 bridgehead atoms. The van der Waals surface area contributed by atoms with Crippen molar-refractivity contribution in [2.45, 2.75) is 25.5 Å². The predicted octanol–water partition coefficient (Wildman–Crippen LogP) is 2.46. The van der Waals surface area contributed by atoms with E-state index in [-0.39, 0.29) is 18.5 Å². The first kappa shape index (κ1) is 16.7. The van der Waals surface area contributed by atoms with E-state index in [1.807, 2.05) is 41.3 Å². The van der Waals surface area contributed by atoms with Crippen molar-refractivity contribution >= 4 is 5.91 Å². The van der Waals surface area contributed by atoms with E-state index in [4.69, 9.17) is 0 Å². The maximum absolute atomic E-state index is 12.5. The lowest BCUT2D eigenvalue weighted by Crippen LogP contribution is -2.43. The van der Waals surface area contributed by atoms with Crippen molar-refractivity contribution in [3.05, 3.63) is 71.3 Å². The largest absolute Gasteiger partial charge is 0.387 e. The topological polar surface area (TPSA) is 52.6 Å². The summed E-state index contributed by atoms with van der Waals surface area (Å²) >= 11 is 0. The summed E-state index contributed by atoms with van der Waals surface area (Å²) in [5, 5.41) is 13.2. The molecular formula is C20H24N2O2. The number of amides is 1. The SMILES string of the molecule is CC1c2ccccc2CCN1C(=O)CNC[C@H](O)c1ccccc1. The van der Waals surface area contributed by atoms with Gasteiger partial charge in [0.05, 0.1) is 18.7 Å². The van der Waals surface area contributed by atoms with Crippen LogP contribution in [0.4, 0.5) is 0 Å². The van der Waals surface area contributed by atoms with Crippen LogP contribution in [0.25, 0.3) is 0 Å². The summed E-state index contributed by atoms with van der Waals surface area (Å²) in [5.74, 6) is 0.0808. The van der Waals surface area contributed by atoms with Gasteiger partial charge in [-0.1, -0.05) is 54.6 Å². The third-order valence-electron chi connectivity index (χ3n) is 4.71. The number of hydrogen-bond donors (Lipinski definition) is 2. The van der Waals surface area contributed by atoms with E-state index in [0.29, 0.717) is 6.54 Å². The van der Waals surface area contributed by atoms with E-state index in [2.05, 4.69) is 30.4 Å². The number of carbonyl (C=O) groups is 1. The molecule has 4 nitrogen and oxygen atoms in total. The van der Waals surface area contributed by atoms with Gasteiger partial charge >= 0.3 is 0 Å². The van der Waals surface area contributed by atoms with Gasteiger partial charge in [0.15, 0.2) is 0 Å². The fraction of sp³-hybridized carbons (Fsp3) is 0.350. The fourth-order valence-electron chi connectivity index (χ4n) is 3.32. The monoisotopic (exact) mass is 324 g/mol. The van der Waals surface area contributed by atoms with Gasteiger partial charge in [0.2, 0.25) is 5.91 Å². The van der Waals surface area contributed by atoms with Crippen LogP contribution in [0, 0.1) is 0 Å². The third kappa shape index (κ3) is 3.66. The van der Waals surface area contributed by atoms with Crippen molar-refractivity contribution in [1.29, 1.82) is 0 Å². The summed E-state index contributed by atoms with van der Waals surface area (Å²) in [6, 6.07) is 17.9. The van der Waals surface area contributed by atoms with Gasteiger partial charge in [-0.15, -0.1) is 0 Å². The minimum Gasteiger partial charge on any atom is -0.387 e. The number of nitrogens with zero attached hydrogens (tertiary/aromatic N) is 1. The third-order valence-corrected chi connectivity index (χ3v) is 4.71. The maximum atomic E-state index is 12.5. The van der Waals surface area contributed by atoms with E-state index in [0.717, 1.165) is 18.5 Å². The lowest BCUT2D eigenvalue weighted by Gasteiger charge is -2.35. The van der Waals surface area contributed by atoms with E-state index >= 15 is 0 Å². The lowest BCUT2D eigenvalue weighted by atomic mass is 9.93. The molecule has 0 fully saturated rings. The molecule has 2 aromatic carbocycles. The van der Waals surface area contributed by atoms with Crippen LogP contribution >= 0.6 is 0 Å². The standard InChI is InChI=1S/C20H24N2O2/c1-15-18-10-6-5-7-16(18)11-12-22(15)20(24)14-21-13-19(23)17-8-3-2-4-9-17/h2-10,15,19,21,23H,11-14H2,1H3/t15?,19-/m0/s1. The number of benzene rings is 2. The van der Waals surface area contributed by atoms with Crippen LogP contribution in [-0.4, -0.2) is 35.5 Å². The molecular weight excluding hydrogens is 300 g/mol. The summed E-state index contributed by atoms with van der Waals surface area (Å²) in [6.07, 6.45) is 0.303. The quantitative estimate of drug-likeness (QED) is 0.888. The number of aliphatic hydroxyl groups excluding tert-OH is 1. The van der Waals surface area contributed by atoms with Gasteiger partial charge in [-0.25, -0.2) is 0 Å². The Hall–Kier alpha value is -2.17. The molecule has 3 rings (SSSR count).